The molecule has 0 bridgehead atoms. The van der Waals surface area contributed by atoms with Crippen LogP contribution >= 0.6 is 0 Å². The second kappa shape index (κ2) is 52.8. The van der Waals surface area contributed by atoms with Gasteiger partial charge in [0.1, 0.15) is 91.2 Å². The lowest BCUT2D eigenvalue weighted by Crippen LogP contribution is -2.61. The Morgan fingerprint density at radius 2 is 0.797 bits per heavy atom. The molecule has 1 heterocycles. The lowest BCUT2D eigenvalue weighted by Gasteiger charge is -2.30. The zero-order valence-electron chi connectivity index (χ0n) is 67.8. The van der Waals surface area contributed by atoms with Crippen molar-refractivity contribution < 1.29 is 67.0 Å². The summed E-state index contributed by atoms with van der Waals surface area (Å²) >= 11 is 0. The number of nitrogens with two attached hydrogens (primary N) is 6. The highest BCUT2D eigenvalue weighted by atomic mass is 16.5. The van der Waals surface area contributed by atoms with E-state index in [1.54, 1.807) is 105 Å². The van der Waals surface area contributed by atoms with Crippen LogP contribution in [0.1, 0.15) is 134 Å². The second-order valence-corrected chi connectivity index (χ2v) is 29.0. The Hall–Kier alpha value is -12.6. The third-order valence-electron chi connectivity index (χ3n) is 18.7. The van der Waals surface area contributed by atoms with Gasteiger partial charge in [-0.3, -0.25) is 79.2 Å². The number of ether oxygens (including phenoxy) is 2. The molecule has 12 amide bonds. The number of unbranched alkanes of at least 4 members (excludes halogenated alkanes) is 1. The first-order valence-corrected chi connectivity index (χ1v) is 39.5. The molecule has 0 saturated carbocycles. The van der Waals surface area contributed by atoms with Crippen LogP contribution in [-0.2, 0) is 76.8 Å². The second-order valence-electron chi connectivity index (χ2n) is 29.0. The van der Waals surface area contributed by atoms with Crippen LogP contribution < -0.4 is 118 Å². The van der Waals surface area contributed by atoms with Crippen molar-refractivity contribution in [1.82, 2.24) is 79.3 Å². The fourth-order valence-corrected chi connectivity index (χ4v) is 12.7. The Labute approximate surface area is 688 Å². The summed E-state index contributed by atoms with van der Waals surface area (Å²) in [5.41, 5.74) is 35.4. The molecule has 118 heavy (non-hydrogen) atoms. The van der Waals surface area contributed by atoms with Crippen molar-refractivity contribution in [2.75, 3.05) is 52.5 Å². The van der Waals surface area contributed by atoms with Gasteiger partial charge in [0.05, 0.1) is 0 Å². The number of carbonyl (C=O) groups is 12. The molecule has 1 saturated heterocycles. The number of rotatable bonds is 55. The molecule has 4 rings (SSSR count). The molecule has 0 aliphatic carbocycles. The van der Waals surface area contributed by atoms with Crippen LogP contribution in [0.4, 0.5) is 0 Å². The lowest BCUT2D eigenvalue weighted by atomic mass is 9.99. The molecule has 1 fully saturated rings. The quantitative estimate of drug-likeness (QED) is 0.0120. The topological polar surface area (TPSA) is 646 Å². The first kappa shape index (κ1) is 97.8. The van der Waals surface area contributed by atoms with Gasteiger partial charge >= 0.3 is 0 Å². The van der Waals surface area contributed by atoms with Crippen molar-refractivity contribution >= 4 is 94.7 Å². The van der Waals surface area contributed by atoms with Crippen molar-refractivity contribution in [2.45, 2.75) is 203 Å². The number of nitrogens with one attached hydrogen (secondary N) is 18. The summed E-state index contributed by atoms with van der Waals surface area (Å²) in [5.74, 6) is -10.6. The fraction of sp³-hybridized carbons (Fsp3) is 0.519. The van der Waals surface area contributed by atoms with Crippen molar-refractivity contribution in [2.24, 2.45) is 40.3 Å². The Bertz CT molecular complexity index is 3850. The number of likely N-dealkylation sites (tertiary alicyclic amines) is 1. The number of amides is 12. The number of primary amides is 1. The maximum absolute atomic E-state index is 15.3. The Kier molecular flexibility index (Phi) is 43.8. The molecular formula is C79H123N25O14. The number of benzene rings is 3. The average molecular weight is 1650 g/mol. The number of nitrogens with zero attached hydrogens (tertiary/aromatic N) is 1. The summed E-state index contributed by atoms with van der Waals surface area (Å²) in [7, 11) is 0. The van der Waals surface area contributed by atoms with Crippen LogP contribution in [0.15, 0.2) is 104 Å². The summed E-state index contributed by atoms with van der Waals surface area (Å²) in [6.07, 6.45) is 4.46. The van der Waals surface area contributed by atoms with Gasteiger partial charge < -0.3 is 123 Å². The number of guanidine groups is 4. The van der Waals surface area contributed by atoms with E-state index in [1.165, 1.54) is 18.7 Å². The summed E-state index contributed by atoms with van der Waals surface area (Å²) < 4.78 is 11.4. The largest absolute Gasteiger partial charge is 0.490 e. The zero-order valence-corrected chi connectivity index (χ0v) is 67.8. The number of carbonyl (C=O) groups excluding carboxylic acids is 12. The van der Waals surface area contributed by atoms with E-state index in [9.17, 15) is 38.4 Å². The van der Waals surface area contributed by atoms with Gasteiger partial charge in [0, 0.05) is 58.9 Å². The first-order chi connectivity index (χ1) is 56.2. The van der Waals surface area contributed by atoms with Gasteiger partial charge in [-0.15, -0.1) is 0 Å². The van der Waals surface area contributed by atoms with Crippen LogP contribution in [0.25, 0.3) is 0 Å². The van der Waals surface area contributed by atoms with Gasteiger partial charge in [0.25, 0.3) is 0 Å². The lowest BCUT2D eigenvalue weighted by molar-refractivity contribution is -0.142. The summed E-state index contributed by atoms with van der Waals surface area (Å²) in [4.78, 5) is 173. The Morgan fingerprint density at radius 3 is 1.19 bits per heavy atom. The minimum Gasteiger partial charge on any atom is -0.490 e. The van der Waals surface area contributed by atoms with E-state index < -0.39 is 155 Å². The maximum Gasteiger partial charge on any atom is 0.245 e. The van der Waals surface area contributed by atoms with Crippen molar-refractivity contribution in [1.29, 1.82) is 21.6 Å². The highest BCUT2D eigenvalue weighted by molar-refractivity contribution is 6.00. The van der Waals surface area contributed by atoms with E-state index in [2.05, 4.69) is 87.6 Å². The highest BCUT2D eigenvalue weighted by Gasteiger charge is 2.41. The van der Waals surface area contributed by atoms with Gasteiger partial charge in [-0.1, -0.05) is 93.8 Å². The zero-order chi connectivity index (χ0) is 87.2. The van der Waals surface area contributed by atoms with E-state index in [-0.39, 0.29) is 148 Å². The van der Waals surface area contributed by atoms with E-state index in [0.29, 0.717) is 54.0 Å². The van der Waals surface area contributed by atoms with Gasteiger partial charge in [-0.25, -0.2) is 0 Å². The normalized spacial score (nSPS) is 14.7. The fourth-order valence-electron chi connectivity index (χ4n) is 12.7. The van der Waals surface area contributed by atoms with Crippen LogP contribution in [0.5, 0.6) is 11.5 Å². The molecule has 0 spiro atoms. The molecule has 30 N–H and O–H groups in total. The minimum atomic E-state index is -1.52. The van der Waals surface area contributed by atoms with E-state index >= 15 is 19.2 Å². The Balaban J connectivity index is 1.72. The molecule has 1 aliphatic rings. The molecule has 1 aliphatic heterocycles. The van der Waals surface area contributed by atoms with E-state index in [0.717, 1.165) is 0 Å². The van der Waals surface area contributed by atoms with Crippen molar-refractivity contribution in [3.63, 3.8) is 0 Å². The predicted octanol–water partition coefficient (Wildman–Crippen LogP) is -2.56. The summed E-state index contributed by atoms with van der Waals surface area (Å²) in [6, 6.07) is 7.27. The maximum atomic E-state index is 15.3. The van der Waals surface area contributed by atoms with Crippen LogP contribution in [-0.4, -0.2) is 219 Å². The summed E-state index contributed by atoms with van der Waals surface area (Å²) in [5, 5.41) is 68.8. The molecule has 3 aromatic carbocycles. The molecule has 11 atom stereocenters. The molecule has 648 valence electrons. The summed E-state index contributed by atoms with van der Waals surface area (Å²) in [6.45, 7) is 14.5. The van der Waals surface area contributed by atoms with Crippen LogP contribution in [0, 0.1) is 27.6 Å². The third-order valence-corrected chi connectivity index (χ3v) is 18.7. The molecule has 3 aromatic rings. The minimum absolute atomic E-state index is 0.0162. The van der Waals surface area contributed by atoms with Crippen LogP contribution in [0.3, 0.4) is 0 Å². The van der Waals surface area contributed by atoms with Gasteiger partial charge in [0.15, 0.2) is 23.8 Å². The molecule has 39 heteroatoms. The van der Waals surface area contributed by atoms with Crippen molar-refractivity contribution in [3.05, 3.63) is 121 Å². The SMILES string of the molecule is C=CCOc1ccc(C[C@H](NC(=O)[C@H](Cc2ccccc2)NC(C)=O)C(=O)N[C@@H](Cc2ccc(OCC=C)cc2)C(=O)N[C@@H](CCCNC(=N)N)C(=O)N[C@@H](CC(C)C)C(=O)N[C@@H](CCCNC(=N)N)C(=O)N[C@@H](CCCNC(=N)N)C(=O)N[C@H](C)C(=O)N[C@@H](CCCNC(=N)N)C(=O)N2CCC[C@H]2C(=O)N[C@@H](CCCCN)C(N)=O)cc1. The van der Waals surface area contributed by atoms with Gasteiger partial charge in [-0.05, 0) is 150 Å². The van der Waals surface area contributed by atoms with Crippen molar-refractivity contribution in [3.8, 4) is 11.5 Å². The van der Waals surface area contributed by atoms with Crippen LogP contribution in [0.2, 0.25) is 0 Å². The smallest absolute Gasteiger partial charge is 0.245 e. The van der Waals surface area contributed by atoms with E-state index in [4.69, 9.17) is 65.5 Å². The van der Waals surface area contributed by atoms with Gasteiger partial charge in [-0.2, -0.15) is 0 Å². The predicted molar refractivity (Wildman–Crippen MR) is 445 cm³/mol. The molecule has 0 aromatic heterocycles. The van der Waals surface area contributed by atoms with E-state index in [1.807, 2.05) is 0 Å². The third kappa shape index (κ3) is 37.4. The monoisotopic (exact) mass is 1650 g/mol. The first-order valence-electron chi connectivity index (χ1n) is 39.5. The number of hydrogen-bond donors (Lipinski definition) is 24. The van der Waals surface area contributed by atoms with Gasteiger partial charge in [0.2, 0.25) is 70.9 Å². The molecule has 0 radical (unpaired) electrons. The number of hydrogen-bond acceptors (Lipinski definition) is 19. The molecule has 0 unspecified atom stereocenters. The Morgan fingerprint density at radius 1 is 0.441 bits per heavy atom. The molecule has 39 nitrogen and oxygen atoms in total. The standard InChI is InChI=1S/C79H123N25O14/c1-7-41-117-53-31-27-51(28-32-53)45-62(103-73(114)63(46-52-29-33-54(34-30-52)118-42-8-2)102-71(112)61(95-49(6)105)44-50-19-10-9-11-20-50)72(113)99-58(24-16-38-92-78(86)87)69(110)101-60(43-47(3)4)70(111)98-57(23-15-37-91-77(84)85)68(109)97-56(22-14-36-90-76(82)83)67(108)94-48(5)66(107)100-59(25-17-39-93-79(88)89)75(116)104-40-18-26-64(104)74(115)96-55(65(81)106)21-12-13-35-80/h7-11,19-20,27-34,47-48,55-64H,1-2,12-18,21-26,35-46,80H2,3-6H3,(H2,81,106)(H,94,108)(H,95,105)(H,96,115)(H,97,109)(H,98,111)(H,99,113)(H,100,107)(H,101,110)(H,102,112)(H,103,114)(H4,82,83,90)(H4,84,85,91)(H4,86,87,92)(H4,88,89,93)/t48-,55+,56+,57+,58+,59+,60+,61+,62+,63+,64+/m1/s1. The molecular weight excluding hydrogens is 1520 g/mol. The highest BCUT2D eigenvalue weighted by Crippen LogP contribution is 2.22. The average Bonchev–Trinajstić information content (AvgIpc) is 1.56.